The van der Waals surface area contributed by atoms with E-state index in [-0.39, 0.29) is 74.6 Å². The van der Waals surface area contributed by atoms with Gasteiger partial charge in [0.2, 0.25) is 0 Å². The van der Waals surface area contributed by atoms with Crippen molar-refractivity contribution >= 4 is 17.3 Å². The van der Waals surface area contributed by atoms with Gasteiger partial charge >= 0.3 is 0 Å². The second-order valence-electron chi connectivity index (χ2n) is 21.2. The van der Waals surface area contributed by atoms with E-state index in [0.717, 1.165) is 65.9 Å². The van der Waals surface area contributed by atoms with Gasteiger partial charge in [-0.3, -0.25) is 14.4 Å². The van der Waals surface area contributed by atoms with Crippen LogP contribution in [0, 0.1) is 71.0 Å². The fourth-order valence-corrected chi connectivity index (χ4v) is 12.9. The summed E-state index contributed by atoms with van der Waals surface area (Å²) in [5, 5.41) is 0. The zero-order chi connectivity index (χ0) is 45.9. The van der Waals surface area contributed by atoms with Crippen LogP contribution in [0.5, 0.6) is 17.2 Å². The first kappa shape index (κ1) is 49.0. The third-order valence-corrected chi connectivity index (χ3v) is 16.2. The first-order chi connectivity index (χ1) is 29.1. The number of carbonyl (C=O) groups excluding carboxylic acids is 3. The molecule has 0 aliphatic heterocycles. The molecule has 0 amide bonds. The third kappa shape index (κ3) is 10.0. The van der Waals surface area contributed by atoms with Crippen molar-refractivity contribution in [2.75, 3.05) is 21.3 Å². The monoisotopic (exact) mass is 851 g/mol. The van der Waals surface area contributed by atoms with E-state index in [9.17, 15) is 14.4 Å². The number of ketones is 3. The van der Waals surface area contributed by atoms with E-state index in [4.69, 9.17) is 25.7 Å². The number of hydrogen-bond donors (Lipinski definition) is 2. The highest BCUT2D eigenvalue weighted by molar-refractivity contribution is 6.02. The molecule has 7 rings (SSSR count). The molecule has 8 heteroatoms. The Balaban J connectivity index is 0.000000192. The summed E-state index contributed by atoms with van der Waals surface area (Å²) in [6.45, 7) is 22.6. The van der Waals surface area contributed by atoms with Gasteiger partial charge < -0.3 is 25.7 Å². The Kier molecular flexibility index (Phi) is 15.3. The van der Waals surface area contributed by atoms with Crippen LogP contribution in [0.1, 0.15) is 144 Å². The summed E-state index contributed by atoms with van der Waals surface area (Å²) in [4.78, 5) is 40.2. The Hall–Kier alpha value is -4.01. The van der Waals surface area contributed by atoms with Crippen LogP contribution in [0.3, 0.4) is 0 Å². The van der Waals surface area contributed by atoms with Crippen LogP contribution in [0.15, 0.2) is 60.7 Å². The minimum Gasteiger partial charge on any atom is -0.497 e. The molecule has 4 aliphatic carbocycles. The number of Topliss-reactive ketones (excluding diaryl/α,β-unsaturated/α-hetero) is 3. The highest BCUT2D eigenvalue weighted by atomic mass is 16.5. The first-order valence-electron chi connectivity index (χ1n) is 23.1. The number of fused-ring (bicyclic) bond motifs is 2. The second kappa shape index (κ2) is 19.4. The molecule has 0 spiro atoms. The van der Waals surface area contributed by atoms with Crippen molar-refractivity contribution in [1.82, 2.24) is 0 Å². The predicted molar refractivity (Wildman–Crippen MR) is 251 cm³/mol. The van der Waals surface area contributed by atoms with Gasteiger partial charge in [0.05, 0.1) is 21.3 Å². The zero-order valence-electron chi connectivity index (χ0n) is 40.3. The minimum atomic E-state index is -0.250. The molecule has 4 fully saturated rings. The molecule has 340 valence electrons. The van der Waals surface area contributed by atoms with Crippen molar-refractivity contribution in [3.63, 3.8) is 0 Å². The number of ether oxygens (including phenoxy) is 3. The number of carbonyl (C=O) groups is 3. The lowest BCUT2D eigenvalue weighted by Gasteiger charge is -2.60. The number of aryl methyl sites for hydroxylation is 2. The number of methoxy groups -OCH3 is 3. The lowest BCUT2D eigenvalue weighted by molar-refractivity contribution is -0.143. The van der Waals surface area contributed by atoms with E-state index >= 15 is 0 Å². The van der Waals surface area contributed by atoms with E-state index in [1.165, 1.54) is 12.8 Å². The van der Waals surface area contributed by atoms with Crippen LogP contribution in [0.25, 0.3) is 0 Å². The molecule has 8 nitrogen and oxygen atoms in total. The molecule has 0 saturated heterocycles. The van der Waals surface area contributed by atoms with E-state index in [0.29, 0.717) is 30.2 Å². The molecule has 9 atom stereocenters. The van der Waals surface area contributed by atoms with E-state index in [1.54, 1.807) is 21.3 Å². The second-order valence-corrected chi connectivity index (χ2v) is 21.2. The van der Waals surface area contributed by atoms with Crippen molar-refractivity contribution < 1.29 is 28.6 Å². The summed E-state index contributed by atoms with van der Waals surface area (Å²) in [5.41, 5.74) is 16.9. The molecule has 0 unspecified atom stereocenters. The summed E-state index contributed by atoms with van der Waals surface area (Å²) in [6.07, 6.45) is 8.49. The van der Waals surface area contributed by atoms with Gasteiger partial charge in [0.1, 0.15) is 23.0 Å². The molecule has 0 heterocycles. The quantitative estimate of drug-likeness (QED) is 0.214. The minimum absolute atomic E-state index is 0.0189. The maximum atomic E-state index is 13.7. The number of benzene rings is 3. The van der Waals surface area contributed by atoms with Crippen LogP contribution < -0.4 is 25.7 Å². The van der Waals surface area contributed by atoms with Crippen molar-refractivity contribution in [1.29, 1.82) is 0 Å². The van der Waals surface area contributed by atoms with Crippen molar-refractivity contribution in [3.8, 4) is 17.2 Å². The molecule has 0 radical (unpaired) electrons. The molecule has 3 aromatic rings. The fraction of sp³-hybridized carbons (Fsp3) is 0.611. The Morgan fingerprint density at radius 1 is 0.645 bits per heavy atom. The third-order valence-electron chi connectivity index (χ3n) is 16.2. The van der Waals surface area contributed by atoms with Gasteiger partial charge in [0.15, 0.2) is 11.6 Å². The maximum Gasteiger partial charge on any atom is 0.167 e. The molecule has 4 saturated carbocycles. The van der Waals surface area contributed by atoms with Crippen LogP contribution in [0.2, 0.25) is 0 Å². The van der Waals surface area contributed by atoms with Crippen molar-refractivity contribution in [2.45, 2.75) is 133 Å². The Bertz CT molecular complexity index is 2030. The highest BCUT2D eigenvalue weighted by Gasteiger charge is 2.59. The largest absolute Gasteiger partial charge is 0.497 e. The molecule has 4 N–H and O–H groups in total. The van der Waals surface area contributed by atoms with Crippen LogP contribution in [0.4, 0.5) is 0 Å². The SMILES string of the molecule is COc1cc(C)cc(C(=O)[C@H]2[C@H](C)C(=O)C[C@H]3C(C)(C)CCC[C@]23C)c1.COc1cc(C)cc(C(=O)[C@H]2[C@H](C)[C@H](N)C[C@H]3C(C)(C)CCC[C@]23C)c1.COc1ccc(CN)cc1. The molecule has 3 aromatic carbocycles. The van der Waals surface area contributed by atoms with E-state index < -0.39 is 0 Å². The average molecular weight is 851 g/mol. The molecular formula is C54H78N2O6. The van der Waals surface area contributed by atoms with Gasteiger partial charge in [-0.15, -0.1) is 0 Å². The van der Waals surface area contributed by atoms with Gasteiger partial charge in [0.25, 0.3) is 0 Å². The Labute approximate surface area is 373 Å². The van der Waals surface area contributed by atoms with Gasteiger partial charge in [-0.2, -0.15) is 0 Å². The Morgan fingerprint density at radius 2 is 1.10 bits per heavy atom. The van der Waals surface area contributed by atoms with Crippen LogP contribution in [-0.4, -0.2) is 44.7 Å². The predicted octanol–water partition coefficient (Wildman–Crippen LogP) is 11.4. The summed E-state index contributed by atoms with van der Waals surface area (Å²) >= 11 is 0. The normalized spacial score (nSPS) is 30.8. The van der Waals surface area contributed by atoms with E-state index in [2.05, 4.69) is 48.5 Å². The van der Waals surface area contributed by atoms with Crippen molar-refractivity contribution in [2.24, 2.45) is 68.6 Å². The fourth-order valence-electron chi connectivity index (χ4n) is 12.9. The van der Waals surface area contributed by atoms with Crippen LogP contribution >= 0.6 is 0 Å². The molecule has 4 aliphatic rings. The van der Waals surface area contributed by atoms with Gasteiger partial charge in [-0.1, -0.05) is 80.4 Å². The molecule has 0 aromatic heterocycles. The molecule has 0 bridgehead atoms. The summed E-state index contributed by atoms with van der Waals surface area (Å²) in [7, 11) is 4.93. The molecule has 62 heavy (non-hydrogen) atoms. The lowest BCUT2D eigenvalue weighted by Crippen LogP contribution is -2.59. The topological polar surface area (TPSA) is 131 Å². The highest BCUT2D eigenvalue weighted by Crippen LogP contribution is 2.62. The van der Waals surface area contributed by atoms with Gasteiger partial charge in [0, 0.05) is 47.9 Å². The summed E-state index contributed by atoms with van der Waals surface area (Å²) in [6, 6.07) is 19.4. The Morgan fingerprint density at radius 3 is 1.56 bits per heavy atom. The lowest BCUT2D eigenvalue weighted by atomic mass is 9.45. The van der Waals surface area contributed by atoms with E-state index in [1.807, 2.05) is 81.4 Å². The first-order valence-corrected chi connectivity index (χ1v) is 23.1. The number of rotatable bonds is 8. The number of hydrogen-bond acceptors (Lipinski definition) is 8. The summed E-state index contributed by atoms with van der Waals surface area (Å²) < 4.78 is 15.7. The van der Waals surface area contributed by atoms with Crippen molar-refractivity contribution in [3.05, 3.63) is 88.5 Å². The van der Waals surface area contributed by atoms with Crippen LogP contribution in [-0.2, 0) is 11.3 Å². The average Bonchev–Trinajstić information content (AvgIpc) is 3.22. The maximum absolute atomic E-state index is 13.7. The number of nitrogens with two attached hydrogens (primary N) is 2. The van der Waals surface area contributed by atoms with Gasteiger partial charge in [-0.05, 0) is 151 Å². The van der Waals surface area contributed by atoms with Gasteiger partial charge in [-0.25, -0.2) is 0 Å². The standard InChI is InChI=1S/C23H35NO2.C23H32O3.C8H11NO/c2*1-14-10-16(12-17(11-14)26-6)21(25)20-15(2)18(24)13-19-22(3,4)8-7-9-23(19,20)5;1-10-8-4-2-7(6-9)3-5-8/h10-12,15,18-20H,7-9,13,24H2,1-6H3;10-12,15,19-20H,7-9,13H2,1-6H3;2-5H,6,9H2,1H3/t15-,18-,19+,20-,23+;15-,19+,20-,23+;/m11./s1. The molecular weight excluding hydrogens is 773 g/mol. The smallest absolute Gasteiger partial charge is 0.167 e. The summed E-state index contributed by atoms with van der Waals surface area (Å²) in [5.74, 6) is 3.41. The zero-order valence-corrected chi connectivity index (χ0v) is 40.3.